The highest BCUT2D eigenvalue weighted by molar-refractivity contribution is 7.13. The molecule has 2 saturated carbocycles. The number of likely N-dealkylation sites (N-methyl/N-ethyl adjacent to an activating group) is 1. The highest BCUT2D eigenvalue weighted by Gasteiger charge is 2.33. The zero-order valence-corrected chi connectivity index (χ0v) is 40.7. The minimum atomic E-state index is -1.28. The van der Waals surface area contributed by atoms with Gasteiger partial charge in [0.05, 0.1) is 39.2 Å². The lowest BCUT2D eigenvalue weighted by Crippen LogP contribution is -2.45. The van der Waals surface area contributed by atoms with Crippen molar-refractivity contribution in [1.29, 1.82) is 0 Å². The molecule has 1 saturated heterocycles. The summed E-state index contributed by atoms with van der Waals surface area (Å²) in [5.74, 6) is 1.51. The molecule has 3 aromatic heterocycles. The van der Waals surface area contributed by atoms with Gasteiger partial charge in [0.25, 0.3) is 5.91 Å². The number of halogens is 1. The molecule has 0 radical (unpaired) electrons. The Balaban J connectivity index is 0.917. The number of carbonyl (C=O) groups is 2. The van der Waals surface area contributed by atoms with E-state index >= 15 is 0 Å². The molecule has 4 heterocycles. The zero-order chi connectivity index (χ0) is 47.1. The predicted octanol–water partition coefficient (Wildman–Crippen LogP) is 9.42. The first-order valence-corrected chi connectivity index (χ1v) is 25.1. The number of ether oxygens (including phenoxy) is 4. The third-order valence-corrected chi connectivity index (χ3v) is 15.1. The molecule has 2 aromatic carbocycles. The van der Waals surface area contributed by atoms with Gasteiger partial charge in [-0.15, -0.1) is 0 Å². The molecule has 3 fully saturated rings. The second-order valence-electron chi connectivity index (χ2n) is 18.3. The maximum absolute atomic E-state index is 13.1. The molecule has 68 heavy (non-hydrogen) atoms. The summed E-state index contributed by atoms with van der Waals surface area (Å²) in [6, 6.07) is 14.6. The molecule has 4 aliphatic rings. The number of nitrogens with one attached hydrogen (secondary N) is 1. The number of nitrogens with zero attached hydrogens (tertiary/aromatic N) is 6. The summed E-state index contributed by atoms with van der Waals surface area (Å²) in [7, 11) is 3.72. The molecular weight excluding hydrogens is 902 g/mol. The van der Waals surface area contributed by atoms with Crippen LogP contribution in [0.25, 0.3) is 27.0 Å². The quantitative estimate of drug-likeness (QED) is 0.0856. The Morgan fingerprint density at radius 1 is 0.956 bits per heavy atom. The van der Waals surface area contributed by atoms with Crippen molar-refractivity contribution in [3.63, 3.8) is 0 Å². The number of amides is 1. The maximum atomic E-state index is 13.1. The van der Waals surface area contributed by atoms with Gasteiger partial charge in [-0.1, -0.05) is 55.5 Å². The molecule has 0 spiro atoms. The molecule has 5 aromatic rings. The predicted molar refractivity (Wildman–Crippen MR) is 263 cm³/mol. The lowest BCUT2D eigenvalue weighted by Gasteiger charge is -2.32. The molecule has 9 rings (SSSR count). The molecule has 2 N–H and O–H groups in total. The van der Waals surface area contributed by atoms with Crippen LogP contribution in [-0.4, -0.2) is 112 Å². The molecule has 3 aliphatic carbocycles. The number of hydrogen-bond donors (Lipinski definition) is 2. The van der Waals surface area contributed by atoms with E-state index in [4.69, 9.17) is 44.9 Å². The molecule has 14 nitrogen and oxygen atoms in total. The third kappa shape index (κ3) is 10.8. The summed E-state index contributed by atoms with van der Waals surface area (Å²) < 4.78 is 30.4. The largest absolute Gasteiger partial charge is 0.496 e. The van der Waals surface area contributed by atoms with Crippen molar-refractivity contribution in [3.8, 4) is 28.8 Å². The van der Waals surface area contributed by atoms with Gasteiger partial charge >= 0.3 is 5.97 Å². The van der Waals surface area contributed by atoms with Crippen LogP contribution in [0, 0.1) is 0 Å². The molecule has 1 atom stereocenters. The van der Waals surface area contributed by atoms with Gasteiger partial charge in [-0.25, -0.2) is 14.8 Å². The highest BCUT2D eigenvalue weighted by atomic mass is 35.5. The first-order valence-electron chi connectivity index (χ1n) is 24.0. The minimum Gasteiger partial charge on any atom is -0.496 e. The van der Waals surface area contributed by atoms with Crippen molar-refractivity contribution in [1.82, 2.24) is 34.4 Å². The summed E-state index contributed by atoms with van der Waals surface area (Å²) >= 11 is 8.40. The first kappa shape index (κ1) is 47.5. The second-order valence-corrected chi connectivity index (χ2v) is 19.5. The van der Waals surface area contributed by atoms with Crippen molar-refractivity contribution >= 4 is 50.7 Å². The SMILES string of the molecule is COc1cc(C(=O)NC2CCCCC2)ccc1-c1nccc(COc2ccccc2C[C@@H](Oc2nsc3cnc(C4CCC4)c(C4=C(C)C(Cl)=C(OCCN5CCN(C)CC5)CC4)c23)C(=O)O)n1. The Bertz CT molecular complexity index is 2690. The third-order valence-electron chi connectivity index (χ3n) is 13.9. The molecular formula is C52H60ClN7O7S. The maximum Gasteiger partial charge on any atom is 0.345 e. The van der Waals surface area contributed by atoms with Crippen LogP contribution >= 0.6 is 23.1 Å². The number of rotatable bonds is 18. The van der Waals surface area contributed by atoms with E-state index < -0.39 is 12.1 Å². The summed E-state index contributed by atoms with van der Waals surface area (Å²) in [5.41, 5.74) is 6.34. The fourth-order valence-corrected chi connectivity index (χ4v) is 10.6. The Kier molecular flexibility index (Phi) is 15.2. The number of pyridine rings is 1. The van der Waals surface area contributed by atoms with Crippen molar-refractivity contribution in [2.45, 2.75) is 102 Å². The number of carboxylic acids is 1. The van der Waals surface area contributed by atoms with E-state index in [1.54, 1.807) is 37.6 Å². The molecule has 16 heteroatoms. The lowest BCUT2D eigenvalue weighted by atomic mass is 9.77. The van der Waals surface area contributed by atoms with Crippen molar-refractivity contribution in [2.75, 3.05) is 53.5 Å². The number of aromatic nitrogens is 4. The van der Waals surface area contributed by atoms with E-state index in [2.05, 4.69) is 27.1 Å². The number of para-hydroxylation sites is 1. The average molecular weight is 963 g/mol. The Morgan fingerprint density at radius 2 is 1.76 bits per heavy atom. The van der Waals surface area contributed by atoms with Gasteiger partial charge in [-0.05, 0) is 105 Å². The van der Waals surface area contributed by atoms with E-state index in [0.29, 0.717) is 64.2 Å². The number of piperazine rings is 1. The minimum absolute atomic E-state index is 0.0123. The standard InChI is InChI=1S/C52H60ClN7O7S/c1-32-38(18-19-41(47(32)53)65-27-26-60-24-22-59(2)23-25-60)45-46-44(30-55-48(45)33-11-9-12-33)68-58-51(46)67-43(52(62)63)28-34-10-7-8-15-40(34)66-31-37-20-21-54-49(56-37)39-17-16-35(29-42(39)64-3)50(61)57-36-13-5-4-6-14-36/h7-8,10,15-17,20-21,29-30,33,36,43H,4-6,9,11-14,18-19,22-28,31H2,1-3H3,(H,57,61)(H,62,63)/t43-/m1/s1. The number of hydrogen-bond acceptors (Lipinski definition) is 13. The fraction of sp³-hybridized carbons (Fsp3) is 0.462. The Labute approximate surface area is 406 Å². The summed E-state index contributed by atoms with van der Waals surface area (Å²) in [5, 5.41) is 15.2. The topological polar surface area (TPSA) is 161 Å². The Hall–Kier alpha value is -5.61. The van der Waals surface area contributed by atoms with Crippen LogP contribution in [0.5, 0.6) is 17.4 Å². The van der Waals surface area contributed by atoms with E-state index in [1.165, 1.54) is 18.0 Å². The van der Waals surface area contributed by atoms with Gasteiger partial charge in [0, 0.05) is 81.0 Å². The Morgan fingerprint density at radius 3 is 2.53 bits per heavy atom. The van der Waals surface area contributed by atoms with Crippen molar-refractivity contribution in [3.05, 3.63) is 105 Å². The second kappa shape index (κ2) is 21.8. The van der Waals surface area contributed by atoms with Gasteiger partial charge < -0.3 is 34.3 Å². The number of allylic oxidation sites excluding steroid dienone is 4. The number of aliphatic carboxylic acids is 1. The molecule has 1 amide bonds. The van der Waals surface area contributed by atoms with Gasteiger partial charge in [0.1, 0.15) is 30.5 Å². The van der Waals surface area contributed by atoms with Crippen molar-refractivity contribution in [2.24, 2.45) is 0 Å². The number of carboxylic acid groups (broad SMARTS) is 1. The van der Waals surface area contributed by atoms with Gasteiger partial charge in [0.2, 0.25) is 12.0 Å². The monoisotopic (exact) mass is 961 g/mol. The smallest absolute Gasteiger partial charge is 0.345 e. The first-order chi connectivity index (χ1) is 33.1. The van der Waals surface area contributed by atoms with Crippen LogP contribution in [0.4, 0.5) is 0 Å². The van der Waals surface area contributed by atoms with E-state index in [1.807, 2.05) is 37.4 Å². The van der Waals surface area contributed by atoms with Crippen molar-refractivity contribution < 1.29 is 33.6 Å². The molecule has 0 unspecified atom stereocenters. The van der Waals surface area contributed by atoms with Crippen LogP contribution in [-0.2, 0) is 22.6 Å². The average Bonchev–Trinajstić information content (AvgIpc) is 3.75. The number of methoxy groups -OCH3 is 1. The summed E-state index contributed by atoms with van der Waals surface area (Å²) in [6.45, 7) is 7.73. The number of benzene rings is 2. The van der Waals surface area contributed by atoms with Gasteiger partial charge in [0.15, 0.2) is 5.82 Å². The fourth-order valence-electron chi connectivity index (χ4n) is 9.62. The van der Waals surface area contributed by atoms with Crippen LogP contribution < -0.4 is 19.5 Å². The summed E-state index contributed by atoms with van der Waals surface area (Å²) in [4.78, 5) is 45.3. The number of carbonyl (C=O) groups excluding carboxylic acids is 1. The lowest BCUT2D eigenvalue weighted by molar-refractivity contribution is -0.145. The normalized spacial score (nSPS) is 18.1. The van der Waals surface area contributed by atoms with Gasteiger partial charge in [-0.3, -0.25) is 14.7 Å². The van der Waals surface area contributed by atoms with Gasteiger partial charge in [-0.2, -0.15) is 4.37 Å². The van der Waals surface area contributed by atoms with E-state index in [-0.39, 0.29) is 36.8 Å². The van der Waals surface area contributed by atoms with E-state index in [0.717, 1.165) is 116 Å². The highest BCUT2D eigenvalue weighted by Crippen LogP contribution is 2.48. The van der Waals surface area contributed by atoms with Crippen LogP contribution in [0.2, 0.25) is 0 Å². The van der Waals surface area contributed by atoms with E-state index in [9.17, 15) is 14.7 Å². The molecule has 0 bridgehead atoms. The molecule has 358 valence electrons. The number of fused-ring (bicyclic) bond motifs is 1. The van der Waals surface area contributed by atoms with Crippen LogP contribution in [0.3, 0.4) is 0 Å². The summed E-state index contributed by atoms with van der Waals surface area (Å²) in [6.07, 6.45) is 12.2. The molecule has 1 aliphatic heterocycles. The van der Waals surface area contributed by atoms with Crippen LogP contribution in [0.15, 0.2) is 77.3 Å². The zero-order valence-electron chi connectivity index (χ0n) is 39.1. The van der Waals surface area contributed by atoms with Crippen LogP contribution in [0.1, 0.15) is 110 Å².